The number of allylic oxidation sites excluding steroid dienone is 4. The summed E-state index contributed by atoms with van der Waals surface area (Å²) >= 11 is 0. The molecule has 7 N–H and O–H groups in total. The molecule has 0 radical (unpaired) electrons. The van der Waals surface area contributed by atoms with Gasteiger partial charge in [-0.3, -0.25) is 10.3 Å². The number of aliphatic hydroxyl groups is 1. The normalized spacial score (nSPS) is 25.3. The second-order valence-corrected chi connectivity index (χ2v) is 10.3. The number of dihydropyridines is 2. The van der Waals surface area contributed by atoms with Gasteiger partial charge in [-0.05, 0) is 91.1 Å². The predicted molar refractivity (Wildman–Crippen MR) is 160 cm³/mol. The summed E-state index contributed by atoms with van der Waals surface area (Å²) in [7, 11) is 1.93. The number of rotatable bonds is 9. The van der Waals surface area contributed by atoms with E-state index < -0.39 is 6.23 Å². The van der Waals surface area contributed by atoms with Crippen molar-refractivity contribution in [1.82, 2.24) is 21.3 Å². The number of benzene rings is 1. The van der Waals surface area contributed by atoms with Crippen molar-refractivity contribution < 1.29 is 5.11 Å². The molecule has 5 rings (SSSR count). The van der Waals surface area contributed by atoms with Gasteiger partial charge in [0.05, 0.1) is 23.8 Å². The molecular formula is C32H40N6O. The van der Waals surface area contributed by atoms with Crippen LogP contribution in [0.4, 0.5) is 0 Å². The molecular weight excluding hydrogens is 484 g/mol. The molecule has 7 nitrogen and oxygen atoms in total. The van der Waals surface area contributed by atoms with Crippen molar-refractivity contribution in [3.8, 4) is 0 Å². The largest absolute Gasteiger partial charge is 0.383 e. The fourth-order valence-corrected chi connectivity index (χ4v) is 5.60. The van der Waals surface area contributed by atoms with Crippen LogP contribution in [-0.4, -0.2) is 43.2 Å². The van der Waals surface area contributed by atoms with E-state index in [1.807, 2.05) is 26.2 Å². The minimum atomic E-state index is -0.776. The smallest absolute Gasteiger partial charge is 0.130 e. The lowest BCUT2D eigenvalue weighted by molar-refractivity contribution is 0.173. The highest BCUT2D eigenvalue weighted by Gasteiger charge is 2.30. The van der Waals surface area contributed by atoms with Crippen LogP contribution in [0.15, 0.2) is 112 Å². The van der Waals surface area contributed by atoms with Crippen LogP contribution < -0.4 is 27.0 Å². The van der Waals surface area contributed by atoms with Gasteiger partial charge in [0.1, 0.15) is 6.23 Å². The van der Waals surface area contributed by atoms with Crippen LogP contribution in [0.25, 0.3) is 0 Å². The van der Waals surface area contributed by atoms with E-state index in [4.69, 9.17) is 5.73 Å². The average molecular weight is 525 g/mol. The molecule has 4 atom stereocenters. The fraction of sp³-hybridized carbons (Fsp3) is 0.344. The topological polar surface area (TPSA) is 107 Å². The Balaban J connectivity index is 1.36. The molecule has 7 heteroatoms. The molecule has 4 unspecified atom stereocenters. The SMILES string of the molecule is CC=NC1=CC(C(O)NCC2NC=CC3=C2C=C(C2=CC=CCC2)C(c2ccc(CN)cc2)N3)=CCC1NC. The first-order valence-electron chi connectivity index (χ1n) is 13.9. The number of hydrogen-bond donors (Lipinski definition) is 6. The monoisotopic (exact) mass is 524 g/mol. The van der Waals surface area contributed by atoms with Gasteiger partial charge in [-0.15, -0.1) is 0 Å². The average Bonchev–Trinajstić information content (AvgIpc) is 2.99. The Morgan fingerprint density at radius 2 is 2.08 bits per heavy atom. The van der Waals surface area contributed by atoms with Crippen molar-refractivity contribution in [1.29, 1.82) is 0 Å². The highest BCUT2D eigenvalue weighted by atomic mass is 16.3. The summed E-state index contributed by atoms with van der Waals surface area (Å²) in [5.74, 6) is 0. The molecule has 4 aliphatic rings. The van der Waals surface area contributed by atoms with Crippen molar-refractivity contribution in [2.24, 2.45) is 10.7 Å². The number of nitrogens with zero attached hydrogens (tertiary/aromatic N) is 1. The maximum Gasteiger partial charge on any atom is 0.130 e. The first kappa shape index (κ1) is 27.1. The maximum atomic E-state index is 11.0. The lowest BCUT2D eigenvalue weighted by Crippen LogP contribution is -2.46. The van der Waals surface area contributed by atoms with Crippen molar-refractivity contribution in [3.05, 3.63) is 118 Å². The van der Waals surface area contributed by atoms with Crippen molar-refractivity contribution in [2.45, 2.75) is 57.1 Å². The van der Waals surface area contributed by atoms with Crippen LogP contribution in [0.5, 0.6) is 0 Å². The minimum absolute atomic E-state index is 0.00816. The summed E-state index contributed by atoms with van der Waals surface area (Å²) in [5.41, 5.74) is 14.9. The summed E-state index contributed by atoms with van der Waals surface area (Å²) in [4.78, 5) is 4.50. The molecule has 2 heterocycles. The summed E-state index contributed by atoms with van der Waals surface area (Å²) in [6.45, 7) is 3.02. The second-order valence-electron chi connectivity index (χ2n) is 10.3. The molecule has 2 aliphatic carbocycles. The van der Waals surface area contributed by atoms with Crippen molar-refractivity contribution in [2.75, 3.05) is 13.6 Å². The Hall–Kier alpha value is -3.49. The number of aliphatic imine (C=N–C) groups is 1. The van der Waals surface area contributed by atoms with Crippen molar-refractivity contribution >= 4 is 6.21 Å². The van der Waals surface area contributed by atoms with Crippen LogP contribution in [-0.2, 0) is 6.54 Å². The lowest BCUT2D eigenvalue weighted by atomic mass is 9.82. The summed E-state index contributed by atoms with van der Waals surface area (Å²) in [6, 6.07) is 8.82. The highest BCUT2D eigenvalue weighted by Crippen LogP contribution is 2.38. The molecule has 0 amide bonds. The molecule has 1 aromatic rings. The summed E-state index contributed by atoms with van der Waals surface area (Å²) in [6.07, 6.45) is 21.0. The predicted octanol–water partition coefficient (Wildman–Crippen LogP) is 3.53. The van der Waals surface area contributed by atoms with E-state index in [2.05, 4.69) is 87.0 Å². The molecule has 0 saturated heterocycles. The standard InChI is InChI=1S/C32H40N6O/c1-3-35-29-17-24(13-14-28(29)34-2)32(39)37-20-30-26-18-25(22-7-5-4-6-8-22)31(38-27(26)15-16-36-30)23-11-9-21(19-33)10-12-23/h3-5,7,9-13,15-18,28,30-32,34,36-39H,6,8,14,19-20,33H2,1-2H3. The molecule has 0 fully saturated rings. The zero-order valence-corrected chi connectivity index (χ0v) is 22.8. The Morgan fingerprint density at radius 1 is 1.23 bits per heavy atom. The summed E-state index contributed by atoms with van der Waals surface area (Å²) < 4.78 is 0. The molecule has 0 saturated carbocycles. The van der Waals surface area contributed by atoms with Crippen LogP contribution in [0.1, 0.15) is 43.4 Å². The van der Waals surface area contributed by atoms with Gasteiger partial charge < -0.3 is 26.8 Å². The van der Waals surface area contributed by atoms with E-state index in [0.717, 1.165) is 41.8 Å². The van der Waals surface area contributed by atoms with E-state index in [9.17, 15) is 5.11 Å². The zero-order chi connectivity index (χ0) is 27.2. The molecule has 0 bridgehead atoms. The zero-order valence-electron chi connectivity index (χ0n) is 22.8. The maximum absolute atomic E-state index is 11.0. The highest BCUT2D eigenvalue weighted by molar-refractivity contribution is 5.57. The number of nitrogens with one attached hydrogen (secondary N) is 4. The Bertz CT molecular complexity index is 1290. The number of nitrogens with two attached hydrogens (primary N) is 1. The molecule has 1 aromatic carbocycles. The quantitative estimate of drug-likeness (QED) is 0.218. The van der Waals surface area contributed by atoms with Crippen LogP contribution in [0, 0.1) is 0 Å². The van der Waals surface area contributed by atoms with E-state index in [1.54, 1.807) is 6.21 Å². The second kappa shape index (κ2) is 12.6. The molecule has 204 valence electrons. The number of aliphatic hydroxyl groups excluding tert-OH is 1. The van der Waals surface area contributed by atoms with Gasteiger partial charge in [0.15, 0.2) is 0 Å². The van der Waals surface area contributed by atoms with Gasteiger partial charge in [0.25, 0.3) is 0 Å². The summed E-state index contributed by atoms with van der Waals surface area (Å²) in [5, 5.41) is 25.0. The minimum Gasteiger partial charge on any atom is -0.383 e. The fourth-order valence-electron chi connectivity index (χ4n) is 5.60. The van der Waals surface area contributed by atoms with Crippen LogP contribution >= 0.6 is 0 Å². The number of likely N-dealkylation sites (N-methyl/N-ethyl adjacent to an activating group) is 1. The molecule has 0 spiro atoms. The number of hydrogen-bond acceptors (Lipinski definition) is 7. The van der Waals surface area contributed by atoms with Crippen LogP contribution in [0.2, 0.25) is 0 Å². The third-order valence-electron chi connectivity index (χ3n) is 7.81. The van der Waals surface area contributed by atoms with Crippen molar-refractivity contribution in [3.63, 3.8) is 0 Å². The van der Waals surface area contributed by atoms with E-state index in [1.165, 1.54) is 22.3 Å². The van der Waals surface area contributed by atoms with Gasteiger partial charge in [-0.2, -0.15) is 0 Å². The Kier molecular flexibility index (Phi) is 8.74. The molecule has 0 aromatic heterocycles. The first-order chi connectivity index (χ1) is 19.1. The van der Waals surface area contributed by atoms with E-state index in [0.29, 0.717) is 13.1 Å². The Morgan fingerprint density at radius 3 is 2.79 bits per heavy atom. The molecule has 39 heavy (non-hydrogen) atoms. The van der Waals surface area contributed by atoms with Gasteiger partial charge in [0, 0.05) is 25.0 Å². The van der Waals surface area contributed by atoms with Gasteiger partial charge in [-0.1, -0.05) is 48.6 Å². The van der Waals surface area contributed by atoms with Gasteiger partial charge in [-0.25, -0.2) is 0 Å². The third kappa shape index (κ3) is 6.07. The van der Waals surface area contributed by atoms with Gasteiger partial charge >= 0.3 is 0 Å². The van der Waals surface area contributed by atoms with E-state index in [-0.39, 0.29) is 18.1 Å². The lowest BCUT2D eigenvalue weighted by Gasteiger charge is -2.36. The van der Waals surface area contributed by atoms with E-state index >= 15 is 0 Å². The third-order valence-corrected chi connectivity index (χ3v) is 7.81. The molecule has 2 aliphatic heterocycles. The van der Waals surface area contributed by atoms with Gasteiger partial charge in [0.2, 0.25) is 0 Å². The first-order valence-corrected chi connectivity index (χ1v) is 13.9. The van der Waals surface area contributed by atoms with Crippen LogP contribution in [0.3, 0.4) is 0 Å². The Labute approximate surface area is 231 Å².